The van der Waals surface area contributed by atoms with Crippen molar-refractivity contribution < 1.29 is 38.2 Å². The van der Waals surface area contributed by atoms with Crippen LogP contribution in [0.5, 0.6) is 0 Å². The van der Waals surface area contributed by atoms with Crippen molar-refractivity contribution in [1.29, 1.82) is 0 Å². The van der Waals surface area contributed by atoms with Crippen LogP contribution < -0.4 is 5.11 Å². The molecule has 0 aromatic carbocycles. The van der Waals surface area contributed by atoms with Gasteiger partial charge in [0.05, 0.1) is 40.3 Å². The fourth-order valence-corrected chi connectivity index (χ4v) is 5.94. The lowest BCUT2D eigenvalue weighted by Crippen LogP contribution is -2.55. The van der Waals surface area contributed by atoms with Crippen molar-refractivity contribution in [2.45, 2.75) is 180 Å². The highest BCUT2D eigenvalue weighted by Gasteiger charge is 2.25. The number of nitrogens with zero attached hydrogens (tertiary/aromatic N) is 1. The Morgan fingerprint density at radius 1 is 0.585 bits per heavy atom. The maximum atomic E-state index is 12.7. The Labute approximate surface area is 325 Å². The number of carboxylic acid groups (broad SMARTS) is 1. The fourth-order valence-electron chi connectivity index (χ4n) is 5.94. The number of carboxylic acids is 1. The van der Waals surface area contributed by atoms with Gasteiger partial charge in [0.2, 0.25) is 0 Å². The maximum absolute atomic E-state index is 12.7. The van der Waals surface area contributed by atoms with Crippen molar-refractivity contribution in [2.24, 2.45) is 0 Å². The summed E-state index contributed by atoms with van der Waals surface area (Å²) in [4.78, 5) is 36.6. The smallest absolute Gasteiger partial charge is 0.306 e. The van der Waals surface area contributed by atoms with E-state index in [1.807, 2.05) is 0 Å². The van der Waals surface area contributed by atoms with Crippen molar-refractivity contribution >= 4 is 17.9 Å². The van der Waals surface area contributed by atoms with Crippen LogP contribution in [0.15, 0.2) is 48.6 Å². The molecule has 0 rings (SSSR count). The first-order valence-corrected chi connectivity index (χ1v) is 21.2. The van der Waals surface area contributed by atoms with Gasteiger partial charge in [-0.15, -0.1) is 0 Å². The molecule has 0 aromatic rings. The number of esters is 2. The van der Waals surface area contributed by atoms with Gasteiger partial charge in [-0.05, 0) is 51.4 Å². The van der Waals surface area contributed by atoms with Gasteiger partial charge in [0.25, 0.3) is 0 Å². The zero-order valence-electron chi connectivity index (χ0n) is 34.7. The molecule has 8 heteroatoms. The number of hydrogen-bond donors (Lipinski definition) is 0. The molecule has 0 aromatic heterocycles. The van der Waals surface area contributed by atoms with Crippen LogP contribution in [0.2, 0.25) is 0 Å². The molecule has 0 spiro atoms. The van der Waals surface area contributed by atoms with E-state index in [2.05, 4.69) is 62.5 Å². The zero-order valence-corrected chi connectivity index (χ0v) is 34.7. The lowest BCUT2D eigenvalue weighted by Gasteiger charge is -2.34. The number of unbranched alkanes of at least 4 members (excludes halogenated alkanes) is 15. The molecule has 0 radical (unpaired) electrons. The maximum Gasteiger partial charge on any atom is 0.306 e. The summed E-state index contributed by atoms with van der Waals surface area (Å²) < 4.78 is 17.0. The summed E-state index contributed by atoms with van der Waals surface area (Å²) in [5, 5.41) is 11.6. The van der Waals surface area contributed by atoms with Crippen LogP contribution in [0.4, 0.5) is 0 Å². The lowest BCUT2D eigenvalue weighted by atomic mass is 10.0. The highest BCUT2D eigenvalue weighted by atomic mass is 16.6. The van der Waals surface area contributed by atoms with Gasteiger partial charge in [-0.3, -0.25) is 9.59 Å². The summed E-state index contributed by atoms with van der Waals surface area (Å²) in [6, 6.07) is -0.724. The van der Waals surface area contributed by atoms with Crippen LogP contribution >= 0.6 is 0 Å². The largest absolute Gasteiger partial charge is 0.544 e. The van der Waals surface area contributed by atoms with E-state index in [0.29, 0.717) is 12.8 Å². The molecule has 8 nitrogen and oxygen atoms in total. The monoisotopic (exact) mass is 746 g/mol. The van der Waals surface area contributed by atoms with E-state index < -0.39 is 18.1 Å². The number of likely N-dealkylation sites (N-methyl/N-ethyl adjacent to an activating group) is 1. The Hall–Kier alpha value is -2.71. The number of aliphatic carboxylic acids is 1. The molecule has 0 aliphatic heterocycles. The molecular formula is C45H79NO7. The molecule has 0 aliphatic carbocycles. The van der Waals surface area contributed by atoms with Crippen molar-refractivity contribution in [2.75, 3.05) is 41.0 Å². The second-order valence-electron chi connectivity index (χ2n) is 15.2. The molecule has 0 bridgehead atoms. The summed E-state index contributed by atoms with van der Waals surface area (Å²) in [6.07, 6.45) is 41.6. The number of carbonyl (C=O) groups excluding carboxylic acids is 3. The Morgan fingerprint density at radius 3 is 1.57 bits per heavy atom. The van der Waals surface area contributed by atoms with Crippen LogP contribution in [-0.2, 0) is 28.6 Å². The highest BCUT2D eigenvalue weighted by Crippen LogP contribution is 2.14. The molecule has 0 N–H and O–H groups in total. The summed E-state index contributed by atoms with van der Waals surface area (Å²) in [5.74, 6) is -1.75. The minimum atomic E-state index is -1.13. The van der Waals surface area contributed by atoms with Gasteiger partial charge in [-0.25, -0.2) is 0 Å². The molecule has 0 amide bonds. The predicted molar refractivity (Wildman–Crippen MR) is 217 cm³/mol. The van der Waals surface area contributed by atoms with E-state index >= 15 is 0 Å². The van der Waals surface area contributed by atoms with E-state index in [1.165, 1.54) is 70.6 Å². The molecule has 53 heavy (non-hydrogen) atoms. The normalized spacial score (nSPS) is 13.5. The van der Waals surface area contributed by atoms with Gasteiger partial charge >= 0.3 is 11.9 Å². The van der Waals surface area contributed by atoms with Crippen molar-refractivity contribution in [3.63, 3.8) is 0 Å². The van der Waals surface area contributed by atoms with E-state index in [9.17, 15) is 19.5 Å². The Balaban J connectivity index is 4.16. The van der Waals surface area contributed by atoms with Crippen LogP contribution in [-0.4, -0.2) is 75.5 Å². The molecule has 0 heterocycles. The number of allylic oxidation sites excluding steroid dienone is 8. The number of carbonyl (C=O) groups is 3. The van der Waals surface area contributed by atoms with Crippen LogP contribution in [0.3, 0.4) is 0 Å². The van der Waals surface area contributed by atoms with Crippen LogP contribution in [0.1, 0.15) is 168 Å². The third-order valence-corrected chi connectivity index (χ3v) is 9.23. The standard InChI is InChI=1S/C45H79NO7/c1-6-8-10-12-14-15-16-17-18-19-20-21-22-23-24-25-26-27-28-29-30-32-34-36-44(48)53-41(39-51-38-37-42(45(49)50)46(3,4)5)40-52-43(47)35-33-31-13-11-9-7-2/h8,10,14-15,17-18,20-21,41-42H,6-7,9,11-13,16,19,22-40H2,1-5H3/b10-8-,15-14-,18-17-,21-20-. The molecule has 2 unspecified atom stereocenters. The SMILES string of the molecule is CC/C=C\C/C=C\C/C=C\C/C=C\CCCCCCCCCCCCC(=O)OC(COCCC(C(=O)[O-])[N+](C)(C)C)COC(=O)CCCCCCCC. The summed E-state index contributed by atoms with van der Waals surface area (Å²) >= 11 is 0. The quantitative estimate of drug-likeness (QED) is 0.0270. The van der Waals surface area contributed by atoms with Gasteiger partial charge in [-0.2, -0.15) is 0 Å². The van der Waals surface area contributed by atoms with Gasteiger partial charge in [0, 0.05) is 19.3 Å². The first kappa shape index (κ1) is 50.3. The molecule has 0 fully saturated rings. The molecule has 0 aliphatic rings. The molecule has 2 atom stereocenters. The number of rotatable bonds is 37. The molecular weight excluding hydrogens is 666 g/mol. The number of quaternary nitrogens is 1. The van der Waals surface area contributed by atoms with E-state index in [-0.39, 0.29) is 42.7 Å². The van der Waals surface area contributed by atoms with Crippen LogP contribution in [0.25, 0.3) is 0 Å². The predicted octanol–water partition coefficient (Wildman–Crippen LogP) is 9.91. The van der Waals surface area contributed by atoms with Crippen LogP contribution in [0, 0.1) is 0 Å². The zero-order chi connectivity index (χ0) is 39.3. The lowest BCUT2D eigenvalue weighted by molar-refractivity contribution is -0.889. The average molecular weight is 746 g/mol. The molecule has 306 valence electrons. The molecule has 0 saturated heterocycles. The summed E-state index contributed by atoms with van der Waals surface area (Å²) in [6.45, 7) is 4.47. The van der Waals surface area contributed by atoms with Gasteiger partial charge in [0.1, 0.15) is 12.6 Å². The van der Waals surface area contributed by atoms with Gasteiger partial charge in [0.15, 0.2) is 6.10 Å². The first-order valence-electron chi connectivity index (χ1n) is 21.2. The second-order valence-corrected chi connectivity index (χ2v) is 15.2. The minimum absolute atomic E-state index is 0.0391. The summed E-state index contributed by atoms with van der Waals surface area (Å²) in [7, 11) is 5.39. The topological polar surface area (TPSA) is 102 Å². The third-order valence-electron chi connectivity index (χ3n) is 9.23. The van der Waals surface area contributed by atoms with E-state index in [1.54, 1.807) is 21.1 Å². The minimum Gasteiger partial charge on any atom is -0.544 e. The summed E-state index contributed by atoms with van der Waals surface area (Å²) in [5.41, 5.74) is 0. The van der Waals surface area contributed by atoms with E-state index in [0.717, 1.165) is 64.2 Å². The van der Waals surface area contributed by atoms with E-state index in [4.69, 9.17) is 14.2 Å². The van der Waals surface area contributed by atoms with Gasteiger partial charge < -0.3 is 28.6 Å². The highest BCUT2D eigenvalue weighted by molar-refractivity contribution is 5.70. The van der Waals surface area contributed by atoms with Gasteiger partial charge in [-0.1, -0.05) is 146 Å². The Bertz CT molecular complexity index is 1010. The van der Waals surface area contributed by atoms with Crippen molar-refractivity contribution in [1.82, 2.24) is 0 Å². The third kappa shape index (κ3) is 34.8. The molecule has 0 saturated carbocycles. The number of hydrogen-bond acceptors (Lipinski definition) is 7. The van der Waals surface area contributed by atoms with Crippen molar-refractivity contribution in [3.05, 3.63) is 48.6 Å². The number of ether oxygens (including phenoxy) is 3. The average Bonchev–Trinajstić information content (AvgIpc) is 3.11. The first-order chi connectivity index (χ1) is 25.6. The van der Waals surface area contributed by atoms with Crippen molar-refractivity contribution in [3.8, 4) is 0 Å². The second kappa shape index (κ2) is 36.3. The Morgan fingerprint density at radius 2 is 1.06 bits per heavy atom. The Kier molecular flexibility index (Phi) is 34.4. The fraction of sp³-hybridized carbons (Fsp3) is 0.756.